The second-order valence-corrected chi connectivity index (χ2v) is 9.18. The first-order chi connectivity index (χ1) is 14.0. The van der Waals surface area contributed by atoms with E-state index in [1.54, 1.807) is 0 Å². The molecule has 0 saturated heterocycles. The lowest BCUT2D eigenvalue weighted by atomic mass is 10.2. The highest BCUT2D eigenvalue weighted by Gasteiger charge is 2.17. The Kier molecular flexibility index (Phi) is 4.73. The molecule has 5 rings (SSSR count). The van der Waals surface area contributed by atoms with Crippen LogP contribution in [0, 0.1) is 6.92 Å². The molecule has 0 spiro atoms. The number of nitrogens with zero attached hydrogens (tertiary/aromatic N) is 3. The number of aliphatic hydroxyl groups excluding tert-OH is 1. The van der Waals surface area contributed by atoms with E-state index in [0.29, 0.717) is 13.1 Å². The van der Waals surface area contributed by atoms with Gasteiger partial charge in [0.2, 0.25) is 0 Å². The molecule has 2 aromatic heterocycles. The van der Waals surface area contributed by atoms with Crippen molar-refractivity contribution < 1.29 is 5.11 Å². The Labute approximate surface area is 185 Å². The number of benzene rings is 3. The molecule has 29 heavy (non-hydrogen) atoms. The van der Waals surface area contributed by atoms with Crippen molar-refractivity contribution in [2.24, 2.45) is 0 Å². The lowest BCUT2D eigenvalue weighted by Crippen LogP contribution is -2.22. The van der Waals surface area contributed by atoms with E-state index in [1.165, 1.54) is 10.8 Å². The summed E-state index contributed by atoms with van der Waals surface area (Å²) in [7, 11) is 0. The number of rotatable bonds is 4. The highest BCUT2D eigenvalue weighted by molar-refractivity contribution is 9.10. The maximum Gasteiger partial charge on any atom is 0.106 e. The van der Waals surface area contributed by atoms with Crippen LogP contribution in [0.3, 0.4) is 0 Å². The van der Waals surface area contributed by atoms with Crippen molar-refractivity contribution in [2.75, 3.05) is 0 Å². The van der Waals surface area contributed by atoms with Crippen LogP contribution in [0.2, 0.25) is 0 Å². The molecule has 0 radical (unpaired) electrons. The minimum Gasteiger partial charge on any atom is -0.389 e. The first-order valence-electron chi connectivity index (χ1n) is 9.48. The van der Waals surface area contributed by atoms with Crippen LogP contribution < -0.4 is 0 Å². The monoisotopic (exact) mass is 511 g/mol. The first kappa shape index (κ1) is 18.9. The summed E-state index contributed by atoms with van der Waals surface area (Å²) in [4.78, 5) is 4.62. The standard InChI is InChI=1S/C23H19Br2N3O/c1-14-26-20-4-2-3-5-23(20)27(14)12-17(29)13-28-21-8-6-15(24)10-18(21)19-11-16(25)7-9-22(19)28/h2-11,17,29H,12-13H2,1H3/t17-/m0/s1. The zero-order chi connectivity index (χ0) is 20.1. The fourth-order valence-electron chi connectivity index (χ4n) is 4.15. The van der Waals surface area contributed by atoms with Gasteiger partial charge >= 0.3 is 0 Å². The van der Waals surface area contributed by atoms with Gasteiger partial charge in [-0.3, -0.25) is 0 Å². The van der Waals surface area contributed by atoms with Crippen LogP contribution in [0.5, 0.6) is 0 Å². The molecule has 0 unspecified atom stereocenters. The maximum absolute atomic E-state index is 11.0. The number of halogens is 2. The molecule has 0 fully saturated rings. The number of fused-ring (bicyclic) bond motifs is 4. The van der Waals surface area contributed by atoms with E-state index in [4.69, 9.17) is 0 Å². The Balaban J connectivity index is 1.56. The quantitative estimate of drug-likeness (QED) is 0.319. The van der Waals surface area contributed by atoms with Crippen molar-refractivity contribution in [1.29, 1.82) is 0 Å². The highest BCUT2D eigenvalue weighted by atomic mass is 79.9. The molecular formula is C23H19Br2N3O. The largest absolute Gasteiger partial charge is 0.389 e. The van der Waals surface area contributed by atoms with Gasteiger partial charge in [-0.15, -0.1) is 0 Å². The third kappa shape index (κ3) is 3.29. The lowest BCUT2D eigenvalue weighted by Gasteiger charge is -2.16. The molecule has 3 aromatic carbocycles. The van der Waals surface area contributed by atoms with E-state index in [0.717, 1.165) is 36.8 Å². The number of hydrogen-bond donors (Lipinski definition) is 1. The normalized spacial score (nSPS) is 13.0. The van der Waals surface area contributed by atoms with E-state index < -0.39 is 6.10 Å². The number of para-hydroxylation sites is 2. The molecule has 0 aliphatic heterocycles. The molecule has 6 heteroatoms. The van der Waals surface area contributed by atoms with Gasteiger partial charge in [0.05, 0.1) is 30.2 Å². The number of hydrogen-bond acceptors (Lipinski definition) is 2. The minimum atomic E-state index is -0.544. The smallest absolute Gasteiger partial charge is 0.106 e. The van der Waals surface area contributed by atoms with Gasteiger partial charge in [-0.25, -0.2) is 4.98 Å². The van der Waals surface area contributed by atoms with Crippen LogP contribution in [-0.2, 0) is 13.1 Å². The van der Waals surface area contributed by atoms with Crippen LogP contribution in [0.4, 0.5) is 0 Å². The van der Waals surface area contributed by atoms with Crippen molar-refractivity contribution in [3.8, 4) is 0 Å². The van der Waals surface area contributed by atoms with Crippen molar-refractivity contribution in [2.45, 2.75) is 26.1 Å². The fourth-order valence-corrected chi connectivity index (χ4v) is 4.87. The van der Waals surface area contributed by atoms with E-state index in [1.807, 2.05) is 37.3 Å². The summed E-state index contributed by atoms with van der Waals surface area (Å²) in [6.45, 7) is 3.00. The van der Waals surface area contributed by atoms with Crippen molar-refractivity contribution >= 4 is 64.7 Å². The third-order valence-electron chi connectivity index (χ3n) is 5.42. The fraction of sp³-hybridized carbons (Fsp3) is 0.174. The van der Waals surface area contributed by atoms with Crippen molar-refractivity contribution in [1.82, 2.24) is 14.1 Å². The molecule has 1 N–H and O–H groups in total. The highest BCUT2D eigenvalue weighted by Crippen LogP contribution is 2.33. The zero-order valence-electron chi connectivity index (χ0n) is 15.8. The Bertz CT molecular complexity index is 1310. The van der Waals surface area contributed by atoms with Gasteiger partial charge in [0.15, 0.2) is 0 Å². The minimum absolute atomic E-state index is 0.501. The van der Waals surface area contributed by atoms with Crippen LogP contribution in [0.15, 0.2) is 69.6 Å². The number of aromatic nitrogens is 3. The Hall–Kier alpha value is -2.15. The van der Waals surface area contributed by atoms with Crippen LogP contribution in [0.25, 0.3) is 32.8 Å². The van der Waals surface area contributed by atoms with Gasteiger partial charge in [0.25, 0.3) is 0 Å². The second-order valence-electron chi connectivity index (χ2n) is 7.35. The zero-order valence-corrected chi connectivity index (χ0v) is 19.0. The van der Waals surface area contributed by atoms with E-state index in [2.05, 4.69) is 76.3 Å². The number of imidazole rings is 1. The Morgan fingerprint density at radius 1 is 0.828 bits per heavy atom. The van der Waals surface area contributed by atoms with Crippen LogP contribution in [-0.4, -0.2) is 25.3 Å². The molecule has 5 aromatic rings. The summed E-state index contributed by atoms with van der Waals surface area (Å²) in [6, 6.07) is 20.7. The SMILES string of the molecule is Cc1nc2ccccc2n1C[C@H](O)Cn1c2ccc(Br)cc2c2cc(Br)ccc21. The van der Waals surface area contributed by atoms with Crippen LogP contribution in [0.1, 0.15) is 5.82 Å². The van der Waals surface area contributed by atoms with E-state index in [-0.39, 0.29) is 0 Å². The maximum atomic E-state index is 11.0. The predicted molar refractivity (Wildman–Crippen MR) is 125 cm³/mol. The van der Waals surface area contributed by atoms with Crippen molar-refractivity contribution in [3.05, 3.63) is 75.4 Å². The van der Waals surface area contributed by atoms with Gasteiger partial charge in [0.1, 0.15) is 5.82 Å². The molecule has 2 heterocycles. The topological polar surface area (TPSA) is 43.0 Å². The second kappa shape index (κ2) is 7.27. The Morgan fingerprint density at radius 2 is 1.41 bits per heavy atom. The van der Waals surface area contributed by atoms with E-state index in [9.17, 15) is 5.11 Å². The summed E-state index contributed by atoms with van der Waals surface area (Å²) < 4.78 is 6.40. The molecule has 0 aliphatic carbocycles. The third-order valence-corrected chi connectivity index (χ3v) is 6.41. The summed E-state index contributed by atoms with van der Waals surface area (Å²) in [5.74, 6) is 0.917. The van der Waals surface area contributed by atoms with Gasteiger partial charge in [-0.05, 0) is 55.5 Å². The van der Waals surface area contributed by atoms with Gasteiger partial charge < -0.3 is 14.2 Å². The van der Waals surface area contributed by atoms with Gasteiger partial charge in [-0.2, -0.15) is 0 Å². The summed E-state index contributed by atoms with van der Waals surface area (Å²) in [6.07, 6.45) is -0.544. The van der Waals surface area contributed by atoms with Gasteiger partial charge in [0, 0.05) is 30.8 Å². The molecule has 0 saturated carbocycles. The summed E-state index contributed by atoms with van der Waals surface area (Å²) in [5.41, 5.74) is 4.25. The Morgan fingerprint density at radius 3 is 2.07 bits per heavy atom. The molecule has 0 bridgehead atoms. The first-order valence-corrected chi connectivity index (χ1v) is 11.1. The lowest BCUT2D eigenvalue weighted by molar-refractivity contribution is 0.137. The van der Waals surface area contributed by atoms with Gasteiger partial charge in [-0.1, -0.05) is 44.0 Å². The van der Waals surface area contributed by atoms with Crippen molar-refractivity contribution in [3.63, 3.8) is 0 Å². The molecule has 4 nitrogen and oxygen atoms in total. The summed E-state index contributed by atoms with van der Waals surface area (Å²) in [5, 5.41) is 13.4. The predicted octanol–water partition coefficient (Wildman–Crippen LogP) is 6.04. The number of aliphatic hydroxyl groups is 1. The van der Waals surface area contributed by atoms with Crippen LogP contribution >= 0.6 is 31.9 Å². The average Bonchev–Trinajstić information content (AvgIpc) is 3.16. The summed E-state index contributed by atoms with van der Waals surface area (Å²) >= 11 is 7.17. The molecule has 146 valence electrons. The molecule has 0 amide bonds. The molecular weight excluding hydrogens is 494 g/mol. The average molecular weight is 513 g/mol. The van der Waals surface area contributed by atoms with E-state index >= 15 is 0 Å². The molecule has 1 atom stereocenters. The molecule has 0 aliphatic rings. The number of aryl methyl sites for hydroxylation is 1.